The first-order valence-electron chi connectivity index (χ1n) is 9.12. The number of hydrogen-bond donors (Lipinski definition) is 1. The molecule has 0 bridgehead atoms. The van der Waals surface area contributed by atoms with Crippen molar-refractivity contribution in [2.45, 2.75) is 11.8 Å². The van der Waals surface area contributed by atoms with Gasteiger partial charge in [-0.2, -0.15) is 0 Å². The van der Waals surface area contributed by atoms with Gasteiger partial charge >= 0.3 is 5.97 Å². The third kappa shape index (κ3) is 6.14. The van der Waals surface area contributed by atoms with Gasteiger partial charge < -0.3 is 9.84 Å². The first kappa shape index (κ1) is 21.0. The Labute approximate surface area is 180 Å². The number of aryl methyl sites for hydroxylation is 1. The number of carbonyl (C=O) groups is 1. The summed E-state index contributed by atoms with van der Waals surface area (Å²) in [6, 6.07) is 23.8. The molecule has 3 aromatic carbocycles. The highest BCUT2D eigenvalue weighted by Gasteiger charge is 2.07. The van der Waals surface area contributed by atoms with Crippen LogP contribution in [0.15, 0.2) is 83.8 Å². The molecule has 5 heteroatoms. The third-order valence-corrected chi connectivity index (χ3v) is 5.59. The van der Waals surface area contributed by atoms with Gasteiger partial charge in [0.1, 0.15) is 5.75 Å². The molecule has 0 aromatic heterocycles. The van der Waals surface area contributed by atoms with Crippen LogP contribution in [0.1, 0.15) is 16.7 Å². The molecular formula is C24H21ClO3S. The maximum Gasteiger partial charge on any atom is 0.341 e. The SMILES string of the molecule is Cc1cc(OCC(=O)O)ccc1SCC=C(c1ccccc1)c1cccc(Cl)c1. The molecule has 0 atom stereocenters. The maximum atomic E-state index is 10.6. The second-order valence-electron chi connectivity index (χ2n) is 6.41. The zero-order valence-corrected chi connectivity index (χ0v) is 17.5. The molecule has 0 saturated heterocycles. The Bertz CT molecular complexity index is 1020. The second-order valence-corrected chi connectivity index (χ2v) is 7.91. The highest BCUT2D eigenvalue weighted by molar-refractivity contribution is 7.99. The molecule has 0 aliphatic carbocycles. The van der Waals surface area contributed by atoms with Crippen molar-refractivity contribution in [2.75, 3.05) is 12.4 Å². The van der Waals surface area contributed by atoms with Crippen LogP contribution in [0.4, 0.5) is 0 Å². The molecule has 3 nitrogen and oxygen atoms in total. The van der Waals surface area contributed by atoms with E-state index in [2.05, 4.69) is 24.3 Å². The van der Waals surface area contributed by atoms with Gasteiger partial charge in [0.25, 0.3) is 0 Å². The predicted molar refractivity (Wildman–Crippen MR) is 120 cm³/mol. The van der Waals surface area contributed by atoms with Crippen molar-refractivity contribution in [1.82, 2.24) is 0 Å². The van der Waals surface area contributed by atoms with E-state index in [1.165, 1.54) is 0 Å². The van der Waals surface area contributed by atoms with Crippen LogP contribution >= 0.6 is 23.4 Å². The Morgan fingerprint density at radius 1 is 1.03 bits per heavy atom. The van der Waals surface area contributed by atoms with Crippen molar-refractivity contribution >= 4 is 34.9 Å². The highest BCUT2D eigenvalue weighted by atomic mass is 35.5. The molecule has 1 N–H and O–H groups in total. The van der Waals surface area contributed by atoms with Gasteiger partial charge in [0.05, 0.1) is 0 Å². The Kier molecular flexibility index (Phi) is 7.39. The number of carboxylic acids is 1. The number of benzene rings is 3. The van der Waals surface area contributed by atoms with Crippen molar-refractivity contribution in [3.63, 3.8) is 0 Å². The maximum absolute atomic E-state index is 10.6. The van der Waals surface area contributed by atoms with E-state index < -0.39 is 5.97 Å². The van der Waals surface area contributed by atoms with Gasteiger partial charge in [-0.25, -0.2) is 4.79 Å². The van der Waals surface area contributed by atoms with Crippen molar-refractivity contribution in [2.24, 2.45) is 0 Å². The lowest BCUT2D eigenvalue weighted by atomic mass is 9.98. The molecule has 0 aliphatic heterocycles. The number of hydrogen-bond acceptors (Lipinski definition) is 3. The molecule has 0 amide bonds. The zero-order valence-electron chi connectivity index (χ0n) is 16.0. The van der Waals surface area contributed by atoms with Gasteiger partial charge in [-0.3, -0.25) is 0 Å². The van der Waals surface area contributed by atoms with E-state index in [4.69, 9.17) is 21.4 Å². The quantitative estimate of drug-likeness (QED) is 0.429. The fourth-order valence-electron chi connectivity index (χ4n) is 2.91. The van der Waals surface area contributed by atoms with Gasteiger partial charge in [0.15, 0.2) is 6.61 Å². The predicted octanol–water partition coefficient (Wildman–Crippen LogP) is 6.34. The summed E-state index contributed by atoms with van der Waals surface area (Å²) < 4.78 is 5.24. The summed E-state index contributed by atoms with van der Waals surface area (Å²) in [6.07, 6.45) is 2.21. The Morgan fingerprint density at radius 2 is 1.79 bits per heavy atom. The van der Waals surface area contributed by atoms with E-state index in [1.54, 1.807) is 17.8 Å². The Hall–Kier alpha value is -2.69. The molecule has 3 rings (SSSR count). The van der Waals surface area contributed by atoms with Crippen molar-refractivity contribution in [1.29, 1.82) is 0 Å². The molecule has 0 heterocycles. The van der Waals surface area contributed by atoms with Gasteiger partial charge in [-0.05, 0) is 59.5 Å². The fourth-order valence-corrected chi connectivity index (χ4v) is 3.98. The van der Waals surface area contributed by atoms with Crippen molar-refractivity contribution in [3.05, 3.63) is 101 Å². The molecule has 3 aromatic rings. The topological polar surface area (TPSA) is 46.5 Å². The fraction of sp³-hybridized carbons (Fsp3) is 0.125. The van der Waals surface area contributed by atoms with E-state index in [0.29, 0.717) is 10.8 Å². The largest absolute Gasteiger partial charge is 0.482 e. The minimum atomic E-state index is -0.985. The van der Waals surface area contributed by atoms with Crippen LogP contribution in [0.3, 0.4) is 0 Å². The lowest BCUT2D eigenvalue weighted by Crippen LogP contribution is -2.09. The van der Waals surface area contributed by atoms with E-state index in [0.717, 1.165) is 32.9 Å². The van der Waals surface area contributed by atoms with E-state index in [-0.39, 0.29) is 6.61 Å². The van der Waals surface area contributed by atoms with Crippen molar-refractivity contribution in [3.8, 4) is 5.75 Å². The lowest BCUT2D eigenvalue weighted by molar-refractivity contribution is -0.139. The number of halogens is 1. The molecule has 0 saturated carbocycles. The second kappa shape index (κ2) is 10.2. The first-order valence-corrected chi connectivity index (χ1v) is 10.5. The highest BCUT2D eigenvalue weighted by Crippen LogP contribution is 2.30. The monoisotopic (exact) mass is 424 g/mol. The van der Waals surface area contributed by atoms with Crippen LogP contribution < -0.4 is 4.74 Å². The molecule has 0 unspecified atom stereocenters. The molecule has 0 aliphatic rings. The van der Waals surface area contributed by atoms with Crippen LogP contribution in [0.5, 0.6) is 5.75 Å². The molecule has 0 fully saturated rings. The van der Waals surface area contributed by atoms with Crippen LogP contribution in [0, 0.1) is 6.92 Å². The Balaban J connectivity index is 1.77. The number of ether oxygens (including phenoxy) is 1. The molecular weight excluding hydrogens is 404 g/mol. The van der Waals surface area contributed by atoms with Crippen LogP contribution in [-0.4, -0.2) is 23.4 Å². The van der Waals surface area contributed by atoms with Gasteiger partial charge in [-0.1, -0.05) is 60.1 Å². The summed E-state index contributed by atoms with van der Waals surface area (Å²) in [4.78, 5) is 11.8. The number of aliphatic carboxylic acids is 1. The van der Waals surface area contributed by atoms with Crippen molar-refractivity contribution < 1.29 is 14.6 Å². The number of carboxylic acid groups (broad SMARTS) is 1. The lowest BCUT2D eigenvalue weighted by Gasteiger charge is -2.11. The molecule has 148 valence electrons. The summed E-state index contributed by atoms with van der Waals surface area (Å²) in [7, 11) is 0. The number of thioether (sulfide) groups is 1. The normalized spacial score (nSPS) is 11.3. The van der Waals surface area contributed by atoms with Gasteiger partial charge in [0, 0.05) is 15.7 Å². The molecule has 29 heavy (non-hydrogen) atoms. The standard InChI is InChI=1S/C24H21ClO3S/c1-17-14-21(28-16-24(26)27)10-11-23(17)29-13-12-22(18-6-3-2-4-7-18)19-8-5-9-20(25)15-19/h2-12,14-15H,13,16H2,1H3,(H,26,27). The minimum absolute atomic E-state index is 0.339. The van der Waals surface area contributed by atoms with E-state index >= 15 is 0 Å². The molecule has 0 spiro atoms. The number of rotatable bonds is 8. The van der Waals surface area contributed by atoms with Gasteiger partial charge in [0.2, 0.25) is 0 Å². The minimum Gasteiger partial charge on any atom is -0.482 e. The summed E-state index contributed by atoms with van der Waals surface area (Å²) in [5.74, 6) is 0.363. The Morgan fingerprint density at radius 3 is 2.48 bits per heavy atom. The molecule has 0 radical (unpaired) electrons. The summed E-state index contributed by atoms with van der Waals surface area (Å²) in [5.41, 5.74) is 4.41. The van der Waals surface area contributed by atoms with E-state index in [9.17, 15) is 4.79 Å². The van der Waals surface area contributed by atoms with Crippen LogP contribution in [0.25, 0.3) is 5.57 Å². The zero-order chi connectivity index (χ0) is 20.6. The van der Waals surface area contributed by atoms with E-state index in [1.807, 2.05) is 55.5 Å². The van der Waals surface area contributed by atoms with Crippen LogP contribution in [0.2, 0.25) is 5.02 Å². The third-order valence-electron chi connectivity index (χ3n) is 4.26. The average Bonchev–Trinajstić information content (AvgIpc) is 2.71. The summed E-state index contributed by atoms with van der Waals surface area (Å²) in [5, 5.41) is 9.44. The van der Waals surface area contributed by atoms with Gasteiger partial charge in [-0.15, -0.1) is 11.8 Å². The van der Waals surface area contributed by atoms with Crippen LogP contribution in [-0.2, 0) is 4.79 Å². The summed E-state index contributed by atoms with van der Waals surface area (Å²) in [6.45, 7) is 1.66. The first-order chi connectivity index (χ1) is 14.0. The average molecular weight is 425 g/mol. The summed E-state index contributed by atoms with van der Waals surface area (Å²) >= 11 is 7.93. The smallest absolute Gasteiger partial charge is 0.341 e.